The first-order valence-electron chi connectivity index (χ1n) is 5.12. The molecule has 0 N–H and O–H groups in total. The Labute approximate surface area is 75.5 Å². The fourth-order valence-electron chi connectivity index (χ4n) is 3.00. The van der Waals surface area contributed by atoms with E-state index >= 15 is 0 Å². The molecule has 0 aromatic heterocycles. The van der Waals surface area contributed by atoms with Crippen LogP contribution in [-0.2, 0) is 0 Å². The van der Waals surface area contributed by atoms with Crippen LogP contribution in [0.1, 0.15) is 19.8 Å². The molecule has 2 aliphatic heterocycles. The molecular weight excluding hydrogens is 148 g/mol. The van der Waals surface area contributed by atoms with Crippen molar-refractivity contribution < 1.29 is 0 Å². The van der Waals surface area contributed by atoms with E-state index in [0.717, 1.165) is 18.0 Å². The van der Waals surface area contributed by atoms with E-state index in [2.05, 4.69) is 30.8 Å². The van der Waals surface area contributed by atoms with Crippen molar-refractivity contribution in [1.29, 1.82) is 0 Å². The third-order valence-electron chi connectivity index (χ3n) is 3.73. The number of nitrogens with zero attached hydrogens (tertiary/aromatic N) is 2. The molecule has 2 nitrogen and oxygen atoms in total. The van der Waals surface area contributed by atoms with Crippen molar-refractivity contribution in [2.24, 2.45) is 5.92 Å². The molecule has 0 aromatic carbocycles. The van der Waals surface area contributed by atoms with Gasteiger partial charge in [-0.15, -0.1) is 0 Å². The van der Waals surface area contributed by atoms with Crippen LogP contribution in [0.5, 0.6) is 0 Å². The van der Waals surface area contributed by atoms with Crippen molar-refractivity contribution in [2.45, 2.75) is 31.8 Å². The fraction of sp³-hybridized carbons (Fsp3) is 1.00. The summed E-state index contributed by atoms with van der Waals surface area (Å²) in [4.78, 5) is 5.08. The largest absolute Gasteiger partial charge is 0.304 e. The number of rotatable bonds is 1. The maximum Gasteiger partial charge on any atom is 0.0263 e. The number of likely N-dealkylation sites (tertiary alicyclic amines) is 2. The highest BCUT2D eigenvalue weighted by Crippen LogP contribution is 2.34. The van der Waals surface area contributed by atoms with Crippen LogP contribution < -0.4 is 0 Å². The Balaban J connectivity index is 2.03. The monoisotopic (exact) mass is 168 g/mol. The Hall–Kier alpha value is -0.0800. The molecule has 12 heavy (non-hydrogen) atoms. The molecule has 0 bridgehead atoms. The maximum absolute atomic E-state index is 2.61. The van der Waals surface area contributed by atoms with Crippen LogP contribution >= 0.6 is 0 Å². The van der Waals surface area contributed by atoms with Crippen molar-refractivity contribution >= 4 is 0 Å². The molecule has 3 atom stereocenters. The molecule has 2 fully saturated rings. The Morgan fingerprint density at radius 2 is 2.00 bits per heavy atom. The first-order valence-corrected chi connectivity index (χ1v) is 5.12. The summed E-state index contributed by atoms with van der Waals surface area (Å²) in [5, 5.41) is 0. The van der Waals surface area contributed by atoms with E-state index in [1.807, 2.05) is 0 Å². The van der Waals surface area contributed by atoms with Gasteiger partial charge in [0.2, 0.25) is 0 Å². The van der Waals surface area contributed by atoms with Gasteiger partial charge >= 0.3 is 0 Å². The molecule has 0 aliphatic carbocycles. The van der Waals surface area contributed by atoms with Gasteiger partial charge in [0.05, 0.1) is 0 Å². The SMILES string of the molecule is CCC1CC2CN(C)CC2N1C. The van der Waals surface area contributed by atoms with Crippen molar-refractivity contribution in [3.63, 3.8) is 0 Å². The van der Waals surface area contributed by atoms with E-state index < -0.39 is 0 Å². The number of fused-ring (bicyclic) bond motifs is 1. The molecule has 0 radical (unpaired) electrons. The highest BCUT2D eigenvalue weighted by molar-refractivity contribution is 4.98. The quantitative estimate of drug-likeness (QED) is 0.577. The zero-order chi connectivity index (χ0) is 8.72. The highest BCUT2D eigenvalue weighted by Gasteiger charge is 2.42. The summed E-state index contributed by atoms with van der Waals surface area (Å²) in [5.74, 6) is 0.963. The second kappa shape index (κ2) is 3.00. The smallest absolute Gasteiger partial charge is 0.0263 e. The lowest BCUT2D eigenvalue weighted by atomic mass is 10.0. The van der Waals surface area contributed by atoms with Gasteiger partial charge in [0.25, 0.3) is 0 Å². The normalized spacial score (nSPS) is 43.8. The van der Waals surface area contributed by atoms with Crippen LogP contribution in [0.15, 0.2) is 0 Å². The summed E-state index contributed by atoms with van der Waals surface area (Å²) in [5.41, 5.74) is 0. The van der Waals surface area contributed by atoms with Gasteiger partial charge < -0.3 is 4.90 Å². The van der Waals surface area contributed by atoms with Gasteiger partial charge in [0.1, 0.15) is 0 Å². The Bertz CT molecular complexity index is 167. The minimum absolute atomic E-state index is 0.861. The molecule has 2 rings (SSSR count). The zero-order valence-electron chi connectivity index (χ0n) is 8.45. The van der Waals surface area contributed by atoms with Gasteiger partial charge in [-0.25, -0.2) is 0 Å². The summed E-state index contributed by atoms with van der Waals surface area (Å²) in [6.45, 7) is 4.93. The van der Waals surface area contributed by atoms with E-state index in [1.54, 1.807) is 0 Å². The van der Waals surface area contributed by atoms with E-state index in [0.29, 0.717) is 0 Å². The van der Waals surface area contributed by atoms with E-state index in [9.17, 15) is 0 Å². The summed E-state index contributed by atoms with van der Waals surface area (Å²) in [6, 6.07) is 1.73. The molecule has 2 saturated heterocycles. The van der Waals surface area contributed by atoms with Gasteiger partial charge in [-0.2, -0.15) is 0 Å². The Morgan fingerprint density at radius 3 is 2.58 bits per heavy atom. The molecule has 0 saturated carbocycles. The van der Waals surface area contributed by atoms with Crippen molar-refractivity contribution in [3.8, 4) is 0 Å². The van der Waals surface area contributed by atoms with E-state index in [4.69, 9.17) is 0 Å². The van der Waals surface area contributed by atoms with Gasteiger partial charge in [-0.05, 0) is 32.9 Å². The molecule has 70 valence electrons. The van der Waals surface area contributed by atoms with E-state index in [1.165, 1.54) is 25.9 Å². The number of likely N-dealkylation sites (N-methyl/N-ethyl adjacent to an activating group) is 2. The summed E-state index contributed by atoms with van der Waals surface area (Å²) in [7, 11) is 4.55. The predicted molar refractivity (Wildman–Crippen MR) is 51.2 cm³/mol. The van der Waals surface area contributed by atoms with Crippen molar-refractivity contribution in [1.82, 2.24) is 9.80 Å². The second-order valence-electron chi connectivity index (χ2n) is 4.51. The molecule has 3 unspecified atom stereocenters. The average molecular weight is 168 g/mol. The second-order valence-corrected chi connectivity index (χ2v) is 4.51. The van der Waals surface area contributed by atoms with Crippen LogP contribution in [0.2, 0.25) is 0 Å². The average Bonchev–Trinajstić information content (AvgIpc) is 2.51. The van der Waals surface area contributed by atoms with Crippen LogP contribution in [0.3, 0.4) is 0 Å². The van der Waals surface area contributed by atoms with Crippen LogP contribution in [-0.4, -0.2) is 49.1 Å². The van der Waals surface area contributed by atoms with Crippen LogP contribution in [0.25, 0.3) is 0 Å². The molecular formula is C10H20N2. The molecule has 0 aromatic rings. The van der Waals surface area contributed by atoms with Gasteiger partial charge in [-0.1, -0.05) is 6.92 Å². The topological polar surface area (TPSA) is 6.48 Å². The lowest BCUT2D eigenvalue weighted by molar-refractivity contribution is 0.218. The lowest BCUT2D eigenvalue weighted by Crippen LogP contribution is -2.35. The van der Waals surface area contributed by atoms with Crippen molar-refractivity contribution in [3.05, 3.63) is 0 Å². The third-order valence-corrected chi connectivity index (χ3v) is 3.73. The van der Waals surface area contributed by atoms with Crippen LogP contribution in [0, 0.1) is 5.92 Å². The Kier molecular flexibility index (Phi) is 2.13. The molecule has 2 heteroatoms. The van der Waals surface area contributed by atoms with Crippen molar-refractivity contribution in [2.75, 3.05) is 27.2 Å². The summed E-state index contributed by atoms with van der Waals surface area (Å²) >= 11 is 0. The van der Waals surface area contributed by atoms with E-state index in [-0.39, 0.29) is 0 Å². The first kappa shape index (κ1) is 8.52. The molecule has 0 amide bonds. The minimum atomic E-state index is 0.861. The summed E-state index contributed by atoms with van der Waals surface area (Å²) in [6.07, 6.45) is 2.76. The standard InChI is InChI=1S/C10H20N2/c1-4-9-5-8-6-11(2)7-10(8)12(9)3/h8-10H,4-7H2,1-3H3. The molecule has 0 spiro atoms. The number of hydrogen-bond acceptors (Lipinski definition) is 2. The minimum Gasteiger partial charge on any atom is -0.304 e. The molecule has 2 aliphatic rings. The summed E-state index contributed by atoms with van der Waals surface area (Å²) < 4.78 is 0. The molecule has 2 heterocycles. The van der Waals surface area contributed by atoms with Gasteiger partial charge in [0, 0.05) is 25.2 Å². The predicted octanol–water partition coefficient (Wildman–Crippen LogP) is 1.03. The zero-order valence-corrected chi connectivity index (χ0v) is 8.45. The highest BCUT2D eigenvalue weighted by atomic mass is 15.3. The number of hydrogen-bond donors (Lipinski definition) is 0. The fourth-order valence-corrected chi connectivity index (χ4v) is 3.00. The lowest BCUT2D eigenvalue weighted by Gasteiger charge is -2.24. The van der Waals surface area contributed by atoms with Gasteiger partial charge in [-0.3, -0.25) is 4.90 Å². The first-order chi connectivity index (χ1) is 5.72. The third kappa shape index (κ3) is 1.17. The maximum atomic E-state index is 2.61. The van der Waals surface area contributed by atoms with Gasteiger partial charge in [0.15, 0.2) is 0 Å². The Morgan fingerprint density at radius 1 is 1.25 bits per heavy atom. The van der Waals surface area contributed by atoms with Crippen LogP contribution in [0.4, 0.5) is 0 Å².